The first kappa shape index (κ1) is 9.06. The van der Waals surface area contributed by atoms with Crippen molar-refractivity contribution in [1.29, 1.82) is 0 Å². The van der Waals surface area contributed by atoms with Gasteiger partial charge in [0.05, 0.1) is 5.49 Å². The van der Waals surface area contributed by atoms with Crippen molar-refractivity contribution >= 4 is 23.4 Å². The normalized spacial score (nSPS) is 9.58. The molecule has 0 heterocycles. The van der Waals surface area contributed by atoms with Crippen molar-refractivity contribution in [2.75, 3.05) is 5.32 Å². The third kappa shape index (κ3) is 1.58. The standard InChI is InChI=1S/C8H7F2NS/c1-5-7(11-4-12)3-2-6(9)8(5)10/h2-4H,1H3,(H,11,12). The van der Waals surface area contributed by atoms with Crippen LogP contribution in [0.1, 0.15) is 5.56 Å². The Morgan fingerprint density at radius 3 is 2.67 bits per heavy atom. The molecule has 1 aromatic rings. The monoisotopic (exact) mass is 187 g/mol. The van der Waals surface area contributed by atoms with Gasteiger partial charge in [0, 0.05) is 11.3 Å². The van der Waals surface area contributed by atoms with Crippen LogP contribution in [-0.4, -0.2) is 5.49 Å². The van der Waals surface area contributed by atoms with Gasteiger partial charge in [-0.2, -0.15) is 0 Å². The number of halogens is 2. The molecule has 0 aliphatic carbocycles. The van der Waals surface area contributed by atoms with E-state index >= 15 is 0 Å². The SMILES string of the molecule is Cc1c(NC=S)ccc(F)c1F. The molecule has 1 nitrogen and oxygen atoms in total. The van der Waals surface area contributed by atoms with Crippen molar-refractivity contribution in [2.24, 2.45) is 0 Å². The Bertz CT molecular complexity index is 312. The highest BCUT2D eigenvalue weighted by molar-refractivity contribution is 7.79. The lowest BCUT2D eigenvalue weighted by Crippen LogP contribution is -1.98. The number of hydrogen-bond acceptors (Lipinski definition) is 1. The van der Waals surface area contributed by atoms with Crippen LogP contribution in [0.25, 0.3) is 0 Å². The summed E-state index contributed by atoms with van der Waals surface area (Å²) in [6.07, 6.45) is 0. The molecule has 64 valence electrons. The zero-order valence-corrected chi connectivity index (χ0v) is 7.21. The number of hydrogen-bond donors (Lipinski definition) is 1. The molecular formula is C8H7F2NS. The topological polar surface area (TPSA) is 12.0 Å². The van der Waals surface area contributed by atoms with Gasteiger partial charge in [0.2, 0.25) is 0 Å². The zero-order chi connectivity index (χ0) is 9.14. The average molecular weight is 187 g/mol. The lowest BCUT2D eigenvalue weighted by molar-refractivity contribution is 0.504. The van der Waals surface area contributed by atoms with E-state index in [1.165, 1.54) is 18.5 Å². The van der Waals surface area contributed by atoms with Gasteiger partial charge < -0.3 is 5.32 Å². The minimum Gasteiger partial charge on any atom is -0.352 e. The molecule has 0 bridgehead atoms. The molecule has 1 rings (SSSR count). The third-order valence-electron chi connectivity index (χ3n) is 1.55. The molecule has 0 atom stereocenters. The predicted molar refractivity (Wildman–Crippen MR) is 48.4 cm³/mol. The van der Waals surface area contributed by atoms with E-state index in [4.69, 9.17) is 0 Å². The summed E-state index contributed by atoms with van der Waals surface area (Å²) in [4.78, 5) is 0. The maximum absolute atomic E-state index is 12.9. The van der Waals surface area contributed by atoms with E-state index in [1.54, 1.807) is 0 Å². The molecule has 1 aromatic carbocycles. The van der Waals surface area contributed by atoms with Crippen LogP contribution >= 0.6 is 12.2 Å². The van der Waals surface area contributed by atoms with Crippen molar-refractivity contribution in [3.63, 3.8) is 0 Å². The van der Waals surface area contributed by atoms with Gasteiger partial charge in [-0.15, -0.1) is 0 Å². The fraction of sp³-hybridized carbons (Fsp3) is 0.125. The van der Waals surface area contributed by atoms with Crippen LogP contribution in [-0.2, 0) is 0 Å². The van der Waals surface area contributed by atoms with Gasteiger partial charge in [-0.1, -0.05) is 12.2 Å². The molecule has 0 unspecified atom stereocenters. The summed E-state index contributed by atoms with van der Waals surface area (Å²) in [6, 6.07) is 2.50. The Balaban J connectivity index is 3.16. The van der Waals surface area contributed by atoms with E-state index in [0.29, 0.717) is 5.69 Å². The zero-order valence-electron chi connectivity index (χ0n) is 6.40. The van der Waals surface area contributed by atoms with E-state index < -0.39 is 11.6 Å². The summed E-state index contributed by atoms with van der Waals surface area (Å²) >= 11 is 4.52. The first-order valence-corrected chi connectivity index (χ1v) is 3.78. The molecule has 0 aromatic heterocycles. The van der Waals surface area contributed by atoms with Gasteiger partial charge in [0.25, 0.3) is 0 Å². The van der Waals surface area contributed by atoms with E-state index in [2.05, 4.69) is 17.5 Å². The lowest BCUT2D eigenvalue weighted by atomic mass is 10.2. The third-order valence-corrected chi connectivity index (χ3v) is 1.67. The molecular weight excluding hydrogens is 180 g/mol. The van der Waals surface area contributed by atoms with Crippen molar-refractivity contribution in [3.05, 3.63) is 29.3 Å². The van der Waals surface area contributed by atoms with Crippen LogP contribution in [0.2, 0.25) is 0 Å². The van der Waals surface area contributed by atoms with Crippen LogP contribution in [0, 0.1) is 18.6 Å². The fourth-order valence-electron chi connectivity index (χ4n) is 0.872. The molecule has 0 aliphatic rings. The Morgan fingerprint density at radius 1 is 1.42 bits per heavy atom. The maximum Gasteiger partial charge on any atom is 0.163 e. The van der Waals surface area contributed by atoms with Crippen molar-refractivity contribution in [1.82, 2.24) is 0 Å². The second-order valence-electron chi connectivity index (χ2n) is 2.30. The van der Waals surface area contributed by atoms with Gasteiger partial charge in [-0.25, -0.2) is 8.78 Å². The van der Waals surface area contributed by atoms with Crippen LogP contribution in [0.4, 0.5) is 14.5 Å². The Morgan fingerprint density at radius 2 is 2.08 bits per heavy atom. The minimum absolute atomic E-state index is 0.233. The van der Waals surface area contributed by atoms with Gasteiger partial charge in [-0.05, 0) is 19.1 Å². The highest BCUT2D eigenvalue weighted by Gasteiger charge is 2.07. The second-order valence-corrected chi connectivity index (χ2v) is 2.53. The van der Waals surface area contributed by atoms with E-state index in [-0.39, 0.29) is 5.56 Å². The van der Waals surface area contributed by atoms with E-state index in [0.717, 1.165) is 6.07 Å². The molecule has 4 heteroatoms. The fourth-order valence-corrected chi connectivity index (χ4v) is 0.999. The van der Waals surface area contributed by atoms with Gasteiger partial charge in [0.15, 0.2) is 11.6 Å². The highest BCUT2D eigenvalue weighted by atomic mass is 32.1. The van der Waals surface area contributed by atoms with Gasteiger partial charge in [-0.3, -0.25) is 0 Å². The number of anilines is 1. The van der Waals surface area contributed by atoms with Crippen LogP contribution in [0.5, 0.6) is 0 Å². The Labute approximate surface area is 74.4 Å². The number of rotatable bonds is 2. The van der Waals surface area contributed by atoms with Crippen LogP contribution < -0.4 is 5.32 Å². The van der Waals surface area contributed by atoms with Crippen LogP contribution in [0.15, 0.2) is 12.1 Å². The molecule has 0 amide bonds. The molecule has 0 saturated carbocycles. The molecule has 12 heavy (non-hydrogen) atoms. The molecule has 0 aliphatic heterocycles. The average Bonchev–Trinajstić information content (AvgIpc) is 2.07. The maximum atomic E-state index is 12.9. The second kappa shape index (κ2) is 3.58. The van der Waals surface area contributed by atoms with Gasteiger partial charge in [0.1, 0.15) is 0 Å². The van der Waals surface area contributed by atoms with Crippen LogP contribution in [0.3, 0.4) is 0 Å². The highest BCUT2D eigenvalue weighted by Crippen LogP contribution is 2.19. The number of benzene rings is 1. The Kier molecular flexibility index (Phi) is 2.70. The lowest BCUT2D eigenvalue weighted by Gasteiger charge is -2.05. The largest absolute Gasteiger partial charge is 0.352 e. The summed E-state index contributed by atoms with van der Waals surface area (Å²) in [7, 11) is 0. The van der Waals surface area contributed by atoms with E-state index in [9.17, 15) is 8.78 Å². The summed E-state index contributed by atoms with van der Waals surface area (Å²) in [5.74, 6) is -1.68. The van der Waals surface area contributed by atoms with Gasteiger partial charge >= 0.3 is 0 Å². The summed E-state index contributed by atoms with van der Waals surface area (Å²) < 4.78 is 25.4. The number of nitrogens with one attached hydrogen (secondary N) is 1. The molecule has 0 spiro atoms. The van der Waals surface area contributed by atoms with Crippen molar-refractivity contribution in [2.45, 2.75) is 6.92 Å². The van der Waals surface area contributed by atoms with Crippen molar-refractivity contribution < 1.29 is 8.78 Å². The van der Waals surface area contributed by atoms with E-state index in [1.807, 2.05) is 0 Å². The summed E-state index contributed by atoms with van der Waals surface area (Å²) in [6.45, 7) is 1.49. The Hall–Kier alpha value is -1.03. The molecule has 0 saturated heterocycles. The molecule has 1 N–H and O–H groups in total. The molecule has 0 radical (unpaired) electrons. The quantitative estimate of drug-likeness (QED) is 0.714. The summed E-state index contributed by atoms with van der Waals surface area (Å²) in [5.41, 5.74) is 1.97. The summed E-state index contributed by atoms with van der Waals surface area (Å²) in [5, 5.41) is 2.63. The molecule has 0 fully saturated rings. The van der Waals surface area contributed by atoms with Crippen molar-refractivity contribution in [3.8, 4) is 0 Å². The minimum atomic E-state index is -0.845. The smallest absolute Gasteiger partial charge is 0.163 e. The first-order chi connectivity index (χ1) is 5.66. The predicted octanol–water partition coefficient (Wildman–Crippen LogP) is 2.64. The number of thiocarbonyl (C=S) groups is 1. The first-order valence-electron chi connectivity index (χ1n) is 3.31.